The first-order chi connectivity index (χ1) is 12.4. The summed E-state index contributed by atoms with van der Waals surface area (Å²) in [5.41, 5.74) is 0.238. The molecule has 0 aliphatic heterocycles. The van der Waals surface area contributed by atoms with Crippen molar-refractivity contribution in [2.45, 2.75) is 24.3 Å². The van der Waals surface area contributed by atoms with Gasteiger partial charge in [0, 0.05) is 30.0 Å². The number of carbonyl (C=O) groups excluding carboxylic acids is 2. The molecule has 7 nitrogen and oxygen atoms in total. The number of nitrogens with one attached hydrogen (secondary N) is 2. The van der Waals surface area contributed by atoms with Crippen molar-refractivity contribution < 1.29 is 22.7 Å². The highest BCUT2D eigenvalue weighted by Gasteiger charge is 2.16. The smallest absolute Gasteiger partial charge is 0.305 e. The third kappa shape index (κ3) is 5.94. The van der Waals surface area contributed by atoms with Crippen LogP contribution in [0.4, 0.5) is 0 Å². The molecule has 0 radical (unpaired) electrons. The van der Waals surface area contributed by atoms with Gasteiger partial charge in [-0.25, -0.2) is 13.1 Å². The van der Waals surface area contributed by atoms with Crippen LogP contribution in [0.2, 0.25) is 0 Å². The molecule has 1 aromatic heterocycles. The Bertz CT molecular complexity index is 848. The molecule has 0 aliphatic rings. The maximum absolute atomic E-state index is 12.4. The molecule has 1 amide bonds. The molecule has 0 spiro atoms. The second kappa shape index (κ2) is 9.46. The van der Waals surface area contributed by atoms with Crippen molar-refractivity contribution >= 4 is 33.2 Å². The fraction of sp³-hybridized carbons (Fsp3) is 0.294. The van der Waals surface area contributed by atoms with Crippen LogP contribution >= 0.6 is 11.3 Å². The minimum Gasteiger partial charge on any atom is -0.469 e. The summed E-state index contributed by atoms with van der Waals surface area (Å²) < 4.78 is 31.8. The normalized spacial score (nSPS) is 11.1. The van der Waals surface area contributed by atoms with Crippen molar-refractivity contribution in [3.8, 4) is 0 Å². The van der Waals surface area contributed by atoms with Crippen LogP contribution in [0.3, 0.4) is 0 Å². The van der Waals surface area contributed by atoms with E-state index in [1.54, 1.807) is 0 Å². The number of methoxy groups -OCH3 is 1. The SMILES string of the molecule is COC(=O)CCCNC(=O)c1cccc(S(=O)(=O)NCc2cccs2)c1. The van der Waals surface area contributed by atoms with Crippen molar-refractivity contribution in [3.63, 3.8) is 0 Å². The monoisotopic (exact) mass is 396 g/mol. The van der Waals surface area contributed by atoms with Crippen LogP contribution in [-0.2, 0) is 26.1 Å². The zero-order chi connectivity index (χ0) is 19.0. The topological polar surface area (TPSA) is 102 Å². The number of benzene rings is 1. The number of esters is 1. The fourth-order valence-corrected chi connectivity index (χ4v) is 3.89. The standard InChI is InChI=1S/C17H20N2O5S2/c1-24-16(20)8-3-9-18-17(21)13-5-2-7-15(11-13)26(22,23)19-12-14-6-4-10-25-14/h2,4-7,10-11,19H,3,8-9,12H2,1H3,(H,18,21). The number of carbonyl (C=O) groups is 2. The van der Waals surface area contributed by atoms with Gasteiger partial charge in [0.1, 0.15) is 0 Å². The summed E-state index contributed by atoms with van der Waals surface area (Å²) in [6, 6.07) is 9.50. The maximum atomic E-state index is 12.4. The highest BCUT2D eigenvalue weighted by Crippen LogP contribution is 2.14. The molecule has 9 heteroatoms. The fourth-order valence-electron chi connectivity index (χ4n) is 2.11. The highest BCUT2D eigenvalue weighted by atomic mass is 32.2. The summed E-state index contributed by atoms with van der Waals surface area (Å²) in [4.78, 5) is 24.1. The Balaban J connectivity index is 1.95. The van der Waals surface area contributed by atoms with Gasteiger partial charge in [-0.2, -0.15) is 0 Å². The van der Waals surface area contributed by atoms with Crippen molar-refractivity contribution in [1.29, 1.82) is 0 Å². The van der Waals surface area contributed by atoms with E-state index in [1.807, 2.05) is 17.5 Å². The van der Waals surface area contributed by atoms with Gasteiger partial charge in [-0.3, -0.25) is 9.59 Å². The molecule has 0 aliphatic carbocycles. The predicted molar refractivity (Wildman–Crippen MR) is 98.4 cm³/mol. The van der Waals surface area contributed by atoms with Crippen molar-refractivity contribution in [2.75, 3.05) is 13.7 Å². The van der Waals surface area contributed by atoms with E-state index in [-0.39, 0.29) is 29.4 Å². The first kappa shape index (κ1) is 20.1. The lowest BCUT2D eigenvalue weighted by Gasteiger charge is -2.08. The van der Waals surface area contributed by atoms with E-state index >= 15 is 0 Å². The first-order valence-corrected chi connectivity index (χ1v) is 10.3. The van der Waals surface area contributed by atoms with Gasteiger partial charge in [-0.15, -0.1) is 11.3 Å². The van der Waals surface area contributed by atoms with Gasteiger partial charge in [-0.1, -0.05) is 12.1 Å². The molecule has 2 rings (SSSR count). The second-order valence-electron chi connectivity index (χ2n) is 5.37. The largest absolute Gasteiger partial charge is 0.469 e. The van der Waals surface area contributed by atoms with Crippen molar-refractivity contribution in [3.05, 3.63) is 52.2 Å². The molecule has 0 fully saturated rings. The van der Waals surface area contributed by atoms with Crippen LogP contribution in [0.1, 0.15) is 28.1 Å². The van der Waals surface area contributed by atoms with Crippen LogP contribution in [0.5, 0.6) is 0 Å². The molecular formula is C17H20N2O5S2. The number of hydrogen-bond donors (Lipinski definition) is 2. The van der Waals surface area contributed by atoms with Gasteiger partial charge in [-0.05, 0) is 36.1 Å². The molecule has 0 saturated carbocycles. The summed E-state index contributed by atoms with van der Waals surface area (Å²) in [5.74, 6) is -0.741. The highest BCUT2D eigenvalue weighted by molar-refractivity contribution is 7.89. The van der Waals surface area contributed by atoms with Crippen LogP contribution < -0.4 is 10.0 Å². The third-order valence-electron chi connectivity index (χ3n) is 3.49. The van der Waals surface area contributed by atoms with Gasteiger partial charge in [0.15, 0.2) is 0 Å². The average molecular weight is 396 g/mol. The Morgan fingerprint density at radius 1 is 1.19 bits per heavy atom. The van der Waals surface area contributed by atoms with Crippen LogP contribution in [0, 0.1) is 0 Å². The number of sulfonamides is 1. The number of ether oxygens (including phenoxy) is 1. The molecule has 140 valence electrons. The Morgan fingerprint density at radius 2 is 2.00 bits per heavy atom. The number of rotatable bonds is 9. The molecule has 0 atom stereocenters. The minimum atomic E-state index is -3.72. The van der Waals surface area contributed by atoms with E-state index in [0.29, 0.717) is 13.0 Å². The lowest BCUT2D eigenvalue weighted by atomic mass is 10.2. The van der Waals surface area contributed by atoms with Gasteiger partial charge in [0.2, 0.25) is 10.0 Å². The quantitative estimate of drug-likeness (QED) is 0.498. The number of hydrogen-bond acceptors (Lipinski definition) is 6. The lowest BCUT2D eigenvalue weighted by molar-refractivity contribution is -0.140. The average Bonchev–Trinajstić information content (AvgIpc) is 3.17. The molecule has 26 heavy (non-hydrogen) atoms. The van der Waals surface area contributed by atoms with Crippen LogP contribution in [-0.4, -0.2) is 33.9 Å². The Labute approximate surface area is 156 Å². The molecule has 0 unspecified atom stereocenters. The van der Waals surface area contributed by atoms with E-state index in [2.05, 4.69) is 14.8 Å². The summed E-state index contributed by atoms with van der Waals surface area (Å²) in [5, 5.41) is 4.52. The van der Waals surface area contributed by atoms with E-state index < -0.39 is 15.9 Å². The van der Waals surface area contributed by atoms with Gasteiger partial charge >= 0.3 is 5.97 Å². The second-order valence-corrected chi connectivity index (χ2v) is 8.17. The summed E-state index contributed by atoms with van der Waals surface area (Å²) in [6.45, 7) is 0.492. The summed E-state index contributed by atoms with van der Waals surface area (Å²) in [6.07, 6.45) is 0.649. The molecule has 0 bridgehead atoms. The first-order valence-electron chi connectivity index (χ1n) is 7.89. The zero-order valence-electron chi connectivity index (χ0n) is 14.2. The van der Waals surface area contributed by atoms with E-state index in [4.69, 9.17) is 0 Å². The zero-order valence-corrected chi connectivity index (χ0v) is 15.9. The van der Waals surface area contributed by atoms with Crippen molar-refractivity contribution in [2.24, 2.45) is 0 Å². The Hall–Kier alpha value is -2.23. The minimum absolute atomic E-state index is 0.0243. The summed E-state index contributed by atoms with van der Waals surface area (Å²) in [7, 11) is -2.41. The third-order valence-corrected chi connectivity index (χ3v) is 5.77. The van der Waals surface area contributed by atoms with E-state index in [9.17, 15) is 18.0 Å². The van der Waals surface area contributed by atoms with Gasteiger partial charge in [0.05, 0.1) is 12.0 Å². The van der Waals surface area contributed by atoms with E-state index in [0.717, 1.165) is 4.88 Å². The van der Waals surface area contributed by atoms with Gasteiger partial charge < -0.3 is 10.1 Å². The molecular weight excluding hydrogens is 376 g/mol. The van der Waals surface area contributed by atoms with Crippen LogP contribution in [0.25, 0.3) is 0 Å². The molecule has 1 aromatic carbocycles. The molecule has 2 N–H and O–H groups in total. The number of thiophene rings is 1. The lowest BCUT2D eigenvalue weighted by Crippen LogP contribution is -2.26. The summed E-state index contributed by atoms with van der Waals surface area (Å²) >= 11 is 1.46. The Kier molecular flexibility index (Phi) is 7.31. The Morgan fingerprint density at radius 3 is 2.69 bits per heavy atom. The van der Waals surface area contributed by atoms with Crippen LogP contribution in [0.15, 0.2) is 46.7 Å². The van der Waals surface area contributed by atoms with E-state index in [1.165, 1.54) is 42.7 Å². The molecule has 1 heterocycles. The predicted octanol–water partition coefficient (Wildman–Crippen LogP) is 1.91. The van der Waals surface area contributed by atoms with Gasteiger partial charge in [0.25, 0.3) is 5.91 Å². The maximum Gasteiger partial charge on any atom is 0.305 e. The van der Waals surface area contributed by atoms with Crippen molar-refractivity contribution in [1.82, 2.24) is 10.0 Å². The molecule has 0 saturated heterocycles. The number of amides is 1. The molecule has 2 aromatic rings.